The Morgan fingerprint density at radius 1 is 1.00 bits per heavy atom. The zero-order chi connectivity index (χ0) is 22.3. The summed E-state index contributed by atoms with van der Waals surface area (Å²) in [5, 5.41) is 0.880. The van der Waals surface area contributed by atoms with Crippen molar-refractivity contribution in [1.82, 2.24) is 4.90 Å². The summed E-state index contributed by atoms with van der Waals surface area (Å²) in [5.41, 5.74) is 0.587. The summed E-state index contributed by atoms with van der Waals surface area (Å²) in [6, 6.07) is 13.6. The first kappa shape index (κ1) is 20.5. The predicted octanol–water partition coefficient (Wildman–Crippen LogP) is 3.04. The van der Waals surface area contributed by atoms with Crippen LogP contribution in [0, 0.1) is 0 Å². The number of carbonyl (C=O) groups is 3. The Kier molecular flexibility index (Phi) is 4.98. The Bertz CT molecular complexity index is 1360. The molecule has 9 heteroatoms. The number of amides is 2. The van der Waals surface area contributed by atoms with E-state index in [1.54, 1.807) is 37.3 Å². The van der Waals surface area contributed by atoms with Gasteiger partial charge in [-0.15, -0.1) is 0 Å². The molecule has 158 valence electrons. The van der Waals surface area contributed by atoms with Gasteiger partial charge < -0.3 is 4.74 Å². The summed E-state index contributed by atoms with van der Waals surface area (Å²) >= 11 is 0. The summed E-state index contributed by atoms with van der Waals surface area (Å²) < 4.78 is 33.4. The molecule has 1 heterocycles. The number of carbonyl (C=O) groups excluding carboxylic acids is 3. The SMILES string of the molecule is CCN1C(=O)c2cccc3cc(S(=O)(=O)Nc4ccccc4C(=O)OC)cc(c23)C1=O. The molecule has 1 aliphatic rings. The summed E-state index contributed by atoms with van der Waals surface area (Å²) in [7, 11) is -2.96. The van der Waals surface area contributed by atoms with Gasteiger partial charge in [0.25, 0.3) is 21.8 Å². The van der Waals surface area contributed by atoms with E-state index in [-0.39, 0.29) is 28.3 Å². The number of methoxy groups -OCH3 is 1. The third-order valence-corrected chi connectivity index (χ3v) is 6.45. The third kappa shape index (κ3) is 3.32. The minimum absolute atomic E-state index is 0.0496. The average molecular weight is 438 g/mol. The lowest BCUT2D eigenvalue weighted by Crippen LogP contribution is -2.40. The van der Waals surface area contributed by atoms with Crippen LogP contribution >= 0.6 is 0 Å². The van der Waals surface area contributed by atoms with Crippen LogP contribution in [0.15, 0.2) is 59.5 Å². The lowest BCUT2D eigenvalue weighted by molar-refractivity contribution is 0.0596. The van der Waals surface area contributed by atoms with Crippen LogP contribution in [0.2, 0.25) is 0 Å². The summed E-state index contributed by atoms with van der Waals surface area (Å²) in [6.07, 6.45) is 0. The van der Waals surface area contributed by atoms with Crippen molar-refractivity contribution in [2.24, 2.45) is 0 Å². The Balaban J connectivity index is 1.86. The van der Waals surface area contributed by atoms with E-state index in [1.165, 1.54) is 31.4 Å². The van der Waals surface area contributed by atoms with Gasteiger partial charge in [0, 0.05) is 23.1 Å². The number of sulfonamides is 1. The topological polar surface area (TPSA) is 110 Å². The number of ether oxygens (including phenoxy) is 1. The van der Waals surface area contributed by atoms with Gasteiger partial charge in [-0.1, -0.05) is 24.3 Å². The molecule has 3 aromatic rings. The van der Waals surface area contributed by atoms with Gasteiger partial charge in [0.15, 0.2) is 0 Å². The fourth-order valence-electron chi connectivity index (χ4n) is 3.64. The average Bonchev–Trinajstić information content (AvgIpc) is 2.77. The number of para-hydroxylation sites is 1. The maximum absolute atomic E-state index is 13.1. The minimum Gasteiger partial charge on any atom is -0.465 e. The lowest BCUT2D eigenvalue weighted by atomic mass is 9.94. The van der Waals surface area contributed by atoms with Gasteiger partial charge >= 0.3 is 5.97 Å². The maximum atomic E-state index is 13.1. The van der Waals surface area contributed by atoms with Crippen LogP contribution in [0.1, 0.15) is 38.0 Å². The highest BCUT2D eigenvalue weighted by molar-refractivity contribution is 7.92. The molecule has 2 amide bonds. The molecule has 0 spiro atoms. The van der Waals surface area contributed by atoms with E-state index in [1.807, 2.05) is 0 Å². The second kappa shape index (κ2) is 7.51. The number of imide groups is 1. The quantitative estimate of drug-likeness (QED) is 0.484. The zero-order valence-corrected chi connectivity index (χ0v) is 17.5. The number of nitrogens with zero attached hydrogens (tertiary/aromatic N) is 1. The molecule has 0 aromatic heterocycles. The van der Waals surface area contributed by atoms with Crippen molar-refractivity contribution in [3.8, 4) is 0 Å². The van der Waals surface area contributed by atoms with Crippen molar-refractivity contribution < 1.29 is 27.5 Å². The van der Waals surface area contributed by atoms with E-state index in [0.29, 0.717) is 16.3 Å². The fraction of sp³-hybridized carbons (Fsp3) is 0.136. The second-order valence-electron chi connectivity index (χ2n) is 6.87. The molecule has 0 saturated heterocycles. The molecule has 8 nitrogen and oxygen atoms in total. The molecular weight excluding hydrogens is 420 g/mol. The van der Waals surface area contributed by atoms with E-state index >= 15 is 0 Å². The van der Waals surface area contributed by atoms with Gasteiger partial charge in [-0.2, -0.15) is 0 Å². The standard InChI is InChI=1S/C22H18N2O6S/c1-3-24-20(25)16-9-6-7-13-11-14(12-17(19(13)16)21(24)26)31(28,29)23-18-10-5-4-8-15(18)22(27)30-2/h4-12,23H,3H2,1-2H3. The van der Waals surface area contributed by atoms with Gasteiger partial charge in [-0.3, -0.25) is 19.2 Å². The highest BCUT2D eigenvalue weighted by Gasteiger charge is 2.33. The summed E-state index contributed by atoms with van der Waals surface area (Å²) in [5.74, 6) is -1.65. The normalized spacial score (nSPS) is 13.4. The summed E-state index contributed by atoms with van der Waals surface area (Å²) in [6.45, 7) is 1.84. The molecule has 0 bridgehead atoms. The molecule has 31 heavy (non-hydrogen) atoms. The van der Waals surface area contributed by atoms with Gasteiger partial charge in [0.1, 0.15) is 0 Å². The van der Waals surface area contributed by atoms with Crippen LogP contribution in [-0.4, -0.2) is 44.8 Å². The Morgan fingerprint density at radius 3 is 2.42 bits per heavy atom. The van der Waals surface area contributed by atoms with Crippen molar-refractivity contribution in [2.75, 3.05) is 18.4 Å². The maximum Gasteiger partial charge on any atom is 0.339 e. The fourth-order valence-corrected chi connectivity index (χ4v) is 4.78. The number of benzene rings is 3. The number of rotatable bonds is 5. The molecular formula is C22H18N2O6S. The predicted molar refractivity (Wildman–Crippen MR) is 114 cm³/mol. The molecule has 0 atom stereocenters. The second-order valence-corrected chi connectivity index (χ2v) is 8.55. The van der Waals surface area contributed by atoms with E-state index in [9.17, 15) is 22.8 Å². The first-order valence-electron chi connectivity index (χ1n) is 9.41. The zero-order valence-electron chi connectivity index (χ0n) is 16.7. The lowest BCUT2D eigenvalue weighted by Gasteiger charge is -2.26. The van der Waals surface area contributed by atoms with Crippen LogP contribution in [-0.2, 0) is 14.8 Å². The van der Waals surface area contributed by atoms with Crippen molar-refractivity contribution in [3.05, 3.63) is 71.3 Å². The van der Waals surface area contributed by atoms with E-state index < -0.39 is 27.8 Å². The minimum atomic E-state index is -4.16. The van der Waals surface area contributed by atoms with Crippen LogP contribution in [0.25, 0.3) is 10.8 Å². The van der Waals surface area contributed by atoms with Gasteiger partial charge in [0.05, 0.1) is 23.3 Å². The number of nitrogens with one attached hydrogen (secondary N) is 1. The van der Waals surface area contributed by atoms with E-state index in [4.69, 9.17) is 4.74 Å². The highest BCUT2D eigenvalue weighted by atomic mass is 32.2. The number of hydrogen-bond acceptors (Lipinski definition) is 6. The van der Waals surface area contributed by atoms with E-state index in [2.05, 4.69) is 4.72 Å². The monoisotopic (exact) mass is 438 g/mol. The van der Waals surface area contributed by atoms with E-state index in [0.717, 1.165) is 4.90 Å². The van der Waals surface area contributed by atoms with Crippen molar-refractivity contribution >= 4 is 44.3 Å². The molecule has 4 rings (SSSR count). The van der Waals surface area contributed by atoms with Crippen molar-refractivity contribution in [2.45, 2.75) is 11.8 Å². The molecule has 0 saturated carbocycles. The molecule has 1 N–H and O–H groups in total. The van der Waals surface area contributed by atoms with Crippen LogP contribution in [0.5, 0.6) is 0 Å². The third-order valence-electron chi connectivity index (χ3n) is 5.10. The largest absolute Gasteiger partial charge is 0.465 e. The first-order chi connectivity index (χ1) is 14.8. The highest BCUT2D eigenvalue weighted by Crippen LogP contribution is 2.33. The first-order valence-corrected chi connectivity index (χ1v) is 10.9. The molecule has 0 radical (unpaired) electrons. The Labute approximate surface area is 178 Å². The molecule has 0 unspecified atom stereocenters. The Hall–Kier alpha value is -3.72. The van der Waals surface area contributed by atoms with Gasteiger partial charge in [0.2, 0.25) is 0 Å². The van der Waals surface area contributed by atoms with Crippen molar-refractivity contribution in [3.63, 3.8) is 0 Å². The number of anilines is 1. The summed E-state index contributed by atoms with van der Waals surface area (Å²) in [4.78, 5) is 38.4. The number of hydrogen-bond donors (Lipinski definition) is 1. The number of esters is 1. The molecule has 0 aliphatic carbocycles. The van der Waals surface area contributed by atoms with Crippen molar-refractivity contribution in [1.29, 1.82) is 0 Å². The molecule has 1 aliphatic heterocycles. The smallest absolute Gasteiger partial charge is 0.339 e. The van der Waals surface area contributed by atoms with Crippen LogP contribution in [0.3, 0.4) is 0 Å². The van der Waals surface area contributed by atoms with Gasteiger partial charge in [-0.05, 0) is 42.6 Å². The van der Waals surface area contributed by atoms with Crippen LogP contribution in [0.4, 0.5) is 5.69 Å². The Morgan fingerprint density at radius 2 is 1.71 bits per heavy atom. The van der Waals surface area contributed by atoms with Crippen LogP contribution < -0.4 is 4.72 Å². The molecule has 0 fully saturated rings. The van der Waals surface area contributed by atoms with Gasteiger partial charge in [-0.25, -0.2) is 13.2 Å². The molecule has 3 aromatic carbocycles.